The lowest BCUT2D eigenvalue weighted by Crippen LogP contribution is -1.99. The molecule has 0 amide bonds. The van der Waals surface area contributed by atoms with Gasteiger partial charge in [-0.25, -0.2) is 0 Å². The van der Waals surface area contributed by atoms with Crippen molar-refractivity contribution in [1.82, 2.24) is 0 Å². The van der Waals surface area contributed by atoms with Crippen molar-refractivity contribution in [2.45, 2.75) is 27.7 Å². The second kappa shape index (κ2) is 5.00. The highest BCUT2D eigenvalue weighted by atomic mass is 32.1. The minimum atomic E-state index is 0.0585. The summed E-state index contributed by atoms with van der Waals surface area (Å²) in [4.78, 5) is 1.35. The van der Waals surface area contributed by atoms with Crippen LogP contribution in [0.5, 0.6) is 0 Å². The molecule has 92 valence electrons. The molecule has 1 aromatic heterocycles. The van der Waals surface area contributed by atoms with Crippen molar-refractivity contribution < 1.29 is 0 Å². The fourth-order valence-electron chi connectivity index (χ4n) is 1.63. The SMILES string of the molecule is Cc1ccsc1-c1ccc(C#CC(C)(C)C)cc1. The fourth-order valence-corrected chi connectivity index (χ4v) is 2.57. The molecule has 1 aromatic carbocycles. The van der Waals surface area contributed by atoms with Gasteiger partial charge in [0, 0.05) is 15.9 Å². The predicted octanol–water partition coefficient (Wildman–Crippen LogP) is 5.12. The molecule has 0 unspecified atom stereocenters. The van der Waals surface area contributed by atoms with Gasteiger partial charge in [0.05, 0.1) is 0 Å². The molecule has 0 atom stereocenters. The monoisotopic (exact) mass is 254 g/mol. The summed E-state index contributed by atoms with van der Waals surface area (Å²) in [5, 5.41) is 2.14. The van der Waals surface area contributed by atoms with Crippen molar-refractivity contribution in [3.8, 4) is 22.3 Å². The average Bonchev–Trinajstić information content (AvgIpc) is 2.73. The van der Waals surface area contributed by atoms with Crippen LogP contribution in [0, 0.1) is 24.2 Å². The van der Waals surface area contributed by atoms with Crippen LogP contribution in [0.25, 0.3) is 10.4 Å². The van der Waals surface area contributed by atoms with Gasteiger partial charge in [-0.15, -0.1) is 11.3 Å². The van der Waals surface area contributed by atoms with Gasteiger partial charge in [-0.3, -0.25) is 0 Å². The minimum Gasteiger partial charge on any atom is -0.144 e. The van der Waals surface area contributed by atoms with Crippen molar-refractivity contribution in [3.05, 3.63) is 46.8 Å². The quantitative estimate of drug-likeness (QED) is 0.619. The first-order valence-corrected chi connectivity index (χ1v) is 7.01. The van der Waals surface area contributed by atoms with Crippen molar-refractivity contribution in [3.63, 3.8) is 0 Å². The second-order valence-corrected chi connectivity index (χ2v) is 6.43. The van der Waals surface area contributed by atoms with E-state index in [4.69, 9.17) is 0 Å². The lowest BCUT2D eigenvalue weighted by atomic mass is 9.97. The Morgan fingerprint density at radius 1 is 1.00 bits per heavy atom. The van der Waals surface area contributed by atoms with Gasteiger partial charge in [0.1, 0.15) is 0 Å². The van der Waals surface area contributed by atoms with E-state index in [2.05, 4.69) is 75.2 Å². The van der Waals surface area contributed by atoms with E-state index in [-0.39, 0.29) is 5.41 Å². The zero-order valence-electron chi connectivity index (χ0n) is 11.4. The van der Waals surface area contributed by atoms with Gasteiger partial charge in [-0.2, -0.15) is 0 Å². The van der Waals surface area contributed by atoms with Crippen LogP contribution < -0.4 is 0 Å². The molecule has 0 fully saturated rings. The summed E-state index contributed by atoms with van der Waals surface area (Å²) in [6.07, 6.45) is 0. The van der Waals surface area contributed by atoms with Gasteiger partial charge in [-0.1, -0.05) is 24.0 Å². The van der Waals surface area contributed by atoms with Crippen molar-refractivity contribution in [1.29, 1.82) is 0 Å². The third kappa shape index (κ3) is 3.24. The molecule has 0 saturated heterocycles. The van der Waals surface area contributed by atoms with Crippen molar-refractivity contribution in [2.24, 2.45) is 5.41 Å². The fraction of sp³-hybridized carbons (Fsp3) is 0.294. The molecular weight excluding hydrogens is 236 g/mol. The van der Waals surface area contributed by atoms with E-state index in [1.807, 2.05) is 0 Å². The van der Waals surface area contributed by atoms with Crippen LogP contribution >= 0.6 is 11.3 Å². The number of thiophene rings is 1. The molecule has 0 aliphatic rings. The third-order valence-corrected chi connectivity index (χ3v) is 3.66. The first kappa shape index (κ1) is 12.9. The molecule has 0 N–H and O–H groups in total. The summed E-state index contributed by atoms with van der Waals surface area (Å²) in [7, 11) is 0. The van der Waals surface area contributed by atoms with E-state index >= 15 is 0 Å². The third-order valence-electron chi connectivity index (χ3n) is 2.59. The molecule has 18 heavy (non-hydrogen) atoms. The summed E-state index contributed by atoms with van der Waals surface area (Å²) in [6.45, 7) is 8.54. The number of hydrogen-bond acceptors (Lipinski definition) is 1. The van der Waals surface area contributed by atoms with Gasteiger partial charge in [0.2, 0.25) is 0 Å². The molecular formula is C17H18S. The first-order chi connectivity index (χ1) is 8.46. The van der Waals surface area contributed by atoms with Crippen LogP contribution in [-0.2, 0) is 0 Å². The van der Waals surface area contributed by atoms with Crippen molar-refractivity contribution >= 4 is 11.3 Å². The summed E-state index contributed by atoms with van der Waals surface area (Å²) in [6, 6.07) is 10.7. The second-order valence-electron chi connectivity index (χ2n) is 5.51. The zero-order chi connectivity index (χ0) is 13.2. The Labute approximate surface area is 114 Å². The molecule has 1 heterocycles. The maximum absolute atomic E-state index is 3.26. The highest BCUT2D eigenvalue weighted by Gasteiger charge is 2.04. The van der Waals surface area contributed by atoms with Crippen LogP contribution in [0.2, 0.25) is 0 Å². The standard InChI is InChI=1S/C17H18S/c1-13-10-12-18-16(13)15-7-5-14(6-8-15)9-11-17(2,3)4/h5-8,10,12H,1-4H3. The minimum absolute atomic E-state index is 0.0585. The maximum Gasteiger partial charge on any atom is 0.0371 e. The van der Waals surface area contributed by atoms with Crippen molar-refractivity contribution in [2.75, 3.05) is 0 Å². The number of benzene rings is 1. The Balaban J connectivity index is 2.26. The Morgan fingerprint density at radius 2 is 1.67 bits per heavy atom. The molecule has 0 nitrogen and oxygen atoms in total. The molecule has 0 bridgehead atoms. The lowest BCUT2D eigenvalue weighted by Gasteiger charge is -2.06. The highest BCUT2D eigenvalue weighted by Crippen LogP contribution is 2.28. The zero-order valence-corrected chi connectivity index (χ0v) is 12.2. The van der Waals surface area contributed by atoms with Crippen LogP contribution in [0.4, 0.5) is 0 Å². The number of aryl methyl sites for hydroxylation is 1. The highest BCUT2D eigenvalue weighted by molar-refractivity contribution is 7.13. The molecule has 0 spiro atoms. The van der Waals surface area contributed by atoms with E-state index in [1.54, 1.807) is 11.3 Å². The predicted molar refractivity (Wildman–Crippen MR) is 80.8 cm³/mol. The Morgan fingerprint density at radius 3 is 2.17 bits per heavy atom. The maximum atomic E-state index is 3.26. The molecule has 0 radical (unpaired) electrons. The van der Waals surface area contributed by atoms with Crippen LogP contribution in [-0.4, -0.2) is 0 Å². The molecule has 2 aromatic rings. The smallest absolute Gasteiger partial charge is 0.0371 e. The Bertz CT molecular complexity index is 583. The van der Waals surface area contributed by atoms with Gasteiger partial charge >= 0.3 is 0 Å². The summed E-state index contributed by atoms with van der Waals surface area (Å²) in [5.74, 6) is 6.48. The van der Waals surface area contributed by atoms with Gasteiger partial charge in [-0.05, 0) is 62.4 Å². The summed E-state index contributed by atoms with van der Waals surface area (Å²) in [5.41, 5.74) is 3.77. The van der Waals surface area contributed by atoms with E-state index in [9.17, 15) is 0 Å². The van der Waals surface area contributed by atoms with Crippen LogP contribution in [0.15, 0.2) is 35.7 Å². The molecule has 0 aliphatic heterocycles. The van der Waals surface area contributed by atoms with Gasteiger partial charge in [0.15, 0.2) is 0 Å². The Kier molecular flexibility index (Phi) is 3.59. The van der Waals surface area contributed by atoms with E-state index in [1.165, 1.54) is 16.0 Å². The Hall–Kier alpha value is -1.52. The molecule has 1 heteroatoms. The van der Waals surface area contributed by atoms with E-state index < -0.39 is 0 Å². The average molecular weight is 254 g/mol. The van der Waals surface area contributed by atoms with Crippen LogP contribution in [0.3, 0.4) is 0 Å². The lowest BCUT2D eigenvalue weighted by molar-refractivity contribution is 0.571. The topological polar surface area (TPSA) is 0 Å². The number of rotatable bonds is 1. The summed E-state index contributed by atoms with van der Waals surface area (Å²) >= 11 is 1.79. The van der Waals surface area contributed by atoms with Gasteiger partial charge < -0.3 is 0 Å². The first-order valence-electron chi connectivity index (χ1n) is 6.13. The molecule has 0 aliphatic carbocycles. The van der Waals surface area contributed by atoms with E-state index in [0.29, 0.717) is 0 Å². The molecule has 2 rings (SSSR count). The number of hydrogen-bond donors (Lipinski definition) is 0. The largest absolute Gasteiger partial charge is 0.144 e. The van der Waals surface area contributed by atoms with Crippen LogP contribution in [0.1, 0.15) is 31.9 Å². The normalized spacial score (nSPS) is 10.9. The van der Waals surface area contributed by atoms with E-state index in [0.717, 1.165) is 5.56 Å². The molecule has 0 saturated carbocycles. The van der Waals surface area contributed by atoms with Gasteiger partial charge in [0.25, 0.3) is 0 Å². The summed E-state index contributed by atoms with van der Waals surface area (Å²) < 4.78 is 0.